The largest absolute Gasteiger partial charge is 0.506 e. The van der Waals surface area contributed by atoms with Gasteiger partial charge in [0.15, 0.2) is 0 Å². The van der Waals surface area contributed by atoms with Crippen LogP contribution in [0.5, 0.6) is 5.75 Å². The summed E-state index contributed by atoms with van der Waals surface area (Å²) in [6.45, 7) is 3.54. The van der Waals surface area contributed by atoms with Gasteiger partial charge in [0.2, 0.25) is 5.91 Å². The zero-order valence-corrected chi connectivity index (χ0v) is 14.4. The second-order valence-corrected chi connectivity index (χ2v) is 6.36. The van der Waals surface area contributed by atoms with E-state index in [1.54, 1.807) is 29.5 Å². The molecule has 5 heteroatoms. The standard InChI is InChI=1S/C19H18N2O2S/c1-3-13-4-6-14(7-5-13)19-21-17(11-24-19)15-8-9-18(23)16(10-15)20-12(2)22/h4-11,23H,3H2,1-2H3,(H,20,22). The number of carbonyl (C=O) groups excluding carboxylic acids is 1. The number of hydrogen-bond donors (Lipinski definition) is 2. The van der Waals surface area contributed by atoms with Crippen molar-refractivity contribution in [3.8, 4) is 27.6 Å². The average molecular weight is 338 g/mol. The number of amides is 1. The van der Waals surface area contributed by atoms with E-state index in [1.165, 1.54) is 12.5 Å². The van der Waals surface area contributed by atoms with E-state index < -0.39 is 0 Å². The molecule has 0 aliphatic carbocycles. The minimum atomic E-state index is -0.225. The molecular weight excluding hydrogens is 320 g/mol. The van der Waals surface area contributed by atoms with Crippen molar-refractivity contribution in [3.05, 3.63) is 53.4 Å². The first kappa shape index (κ1) is 16.2. The minimum absolute atomic E-state index is 0.0413. The molecule has 1 heterocycles. The number of anilines is 1. The van der Waals surface area contributed by atoms with Crippen LogP contribution in [-0.4, -0.2) is 16.0 Å². The van der Waals surface area contributed by atoms with Crippen molar-refractivity contribution in [2.75, 3.05) is 5.32 Å². The van der Waals surface area contributed by atoms with Gasteiger partial charge in [-0.15, -0.1) is 11.3 Å². The number of aryl methyl sites for hydroxylation is 1. The molecule has 0 radical (unpaired) electrons. The number of phenolic OH excluding ortho intramolecular Hbond substituents is 1. The van der Waals surface area contributed by atoms with Crippen LogP contribution in [0.2, 0.25) is 0 Å². The van der Waals surface area contributed by atoms with Crippen LogP contribution in [0.3, 0.4) is 0 Å². The molecule has 0 bridgehead atoms. The van der Waals surface area contributed by atoms with E-state index in [9.17, 15) is 9.90 Å². The number of hydrogen-bond acceptors (Lipinski definition) is 4. The lowest BCUT2D eigenvalue weighted by Gasteiger charge is -2.06. The fourth-order valence-electron chi connectivity index (χ4n) is 2.41. The highest BCUT2D eigenvalue weighted by molar-refractivity contribution is 7.13. The third-order valence-corrected chi connectivity index (χ3v) is 4.61. The Morgan fingerprint density at radius 1 is 1.17 bits per heavy atom. The lowest BCUT2D eigenvalue weighted by atomic mass is 10.1. The van der Waals surface area contributed by atoms with E-state index in [4.69, 9.17) is 0 Å². The van der Waals surface area contributed by atoms with Gasteiger partial charge < -0.3 is 10.4 Å². The van der Waals surface area contributed by atoms with Gasteiger partial charge >= 0.3 is 0 Å². The summed E-state index contributed by atoms with van der Waals surface area (Å²) in [7, 11) is 0. The average Bonchev–Trinajstić information content (AvgIpc) is 3.06. The molecule has 0 unspecified atom stereocenters. The summed E-state index contributed by atoms with van der Waals surface area (Å²) in [6.07, 6.45) is 1.02. The van der Waals surface area contributed by atoms with Crippen LogP contribution in [0.25, 0.3) is 21.8 Å². The molecule has 0 saturated carbocycles. The Labute approximate surface area is 144 Å². The Morgan fingerprint density at radius 2 is 1.88 bits per heavy atom. The maximum Gasteiger partial charge on any atom is 0.221 e. The summed E-state index contributed by atoms with van der Waals surface area (Å²) in [5.74, 6) is -0.183. The third-order valence-electron chi connectivity index (χ3n) is 3.72. The van der Waals surface area contributed by atoms with Crippen molar-refractivity contribution in [1.29, 1.82) is 0 Å². The molecule has 24 heavy (non-hydrogen) atoms. The molecule has 2 aromatic carbocycles. The molecule has 0 atom stereocenters. The van der Waals surface area contributed by atoms with Crippen LogP contribution in [-0.2, 0) is 11.2 Å². The maximum absolute atomic E-state index is 11.2. The molecule has 1 aromatic heterocycles. The molecule has 1 amide bonds. The molecule has 0 fully saturated rings. The predicted molar refractivity (Wildman–Crippen MR) is 98.3 cm³/mol. The number of nitrogens with one attached hydrogen (secondary N) is 1. The number of thiazole rings is 1. The predicted octanol–water partition coefficient (Wildman–Crippen LogP) is 4.70. The summed E-state index contributed by atoms with van der Waals surface area (Å²) >= 11 is 1.57. The third kappa shape index (κ3) is 3.46. The summed E-state index contributed by atoms with van der Waals surface area (Å²) in [4.78, 5) is 15.9. The number of aromatic hydroxyl groups is 1. The van der Waals surface area contributed by atoms with Crippen molar-refractivity contribution in [2.24, 2.45) is 0 Å². The first-order valence-corrected chi connectivity index (χ1v) is 8.60. The highest BCUT2D eigenvalue weighted by Crippen LogP contribution is 2.33. The van der Waals surface area contributed by atoms with Crippen molar-refractivity contribution >= 4 is 22.9 Å². The van der Waals surface area contributed by atoms with Gasteiger partial charge in [-0.3, -0.25) is 4.79 Å². The minimum Gasteiger partial charge on any atom is -0.506 e. The number of rotatable bonds is 4. The number of nitrogens with zero attached hydrogens (tertiary/aromatic N) is 1. The molecule has 0 saturated heterocycles. The van der Waals surface area contributed by atoms with E-state index in [2.05, 4.69) is 41.5 Å². The lowest BCUT2D eigenvalue weighted by molar-refractivity contribution is -0.114. The Morgan fingerprint density at radius 3 is 2.54 bits per heavy atom. The van der Waals surface area contributed by atoms with Gasteiger partial charge in [0.05, 0.1) is 11.4 Å². The molecule has 3 rings (SSSR count). The second-order valence-electron chi connectivity index (χ2n) is 5.50. The zero-order valence-electron chi connectivity index (χ0n) is 13.5. The first-order chi connectivity index (χ1) is 11.6. The second kappa shape index (κ2) is 6.84. The highest BCUT2D eigenvalue weighted by Gasteiger charge is 2.10. The van der Waals surface area contributed by atoms with Gasteiger partial charge in [-0.05, 0) is 30.2 Å². The molecule has 2 N–H and O–H groups in total. The normalized spacial score (nSPS) is 10.6. The van der Waals surface area contributed by atoms with Gasteiger partial charge in [-0.25, -0.2) is 4.98 Å². The fourth-order valence-corrected chi connectivity index (χ4v) is 3.24. The van der Waals surface area contributed by atoms with Crippen LogP contribution >= 0.6 is 11.3 Å². The molecule has 122 valence electrons. The van der Waals surface area contributed by atoms with E-state index in [0.29, 0.717) is 5.69 Å². The molecule has 4 nitrogen and oxygen atoms in total. The van der Waals surface area contributed by atoms with E-state index in [1.807, 2.05) is 5.38 Å². The summed E-state index contributed by atoms with van der Waals surface area (Å²) in [5.41, 5.74) is 4.45. The first-order valence-electron chi connectivity index (χ1n) is 7.72. The lowest BCUT2D eigenvalue weighted by Crippen LogP contribution is -2.05. The van der Waals surface area contributed by atoms with Crippen LogP contribution in [0, 0.1) is 0 Å². The van der Waals surface area contributed by atoms with E-state index in [-0.39, 0.29) is 11.7 Å². The van der Waals surface area contributed by atoms with E-state index in [0.717, 1.165) is 28.2 Å². The van der Waals surface area contributed by atoms with Gasteiger partial charge in [-0.2, -0.15) is 0 Å². The zero-order chi connectivity index (χ0) is 17.1. The number of carbonyl (C=O) groups is 1. The molecule has 0 aliphatic rings. The summed E-state index contributed by atoms with van der Waals surface area (Å²) in [6, 6.07) is 13.5. The molecular formula is C19H18N2O2S. The van der Waals surface area contributed by atoms with Crippen LogP contribution in [0.15, 0.2) is 47.8 Å². The Kier molecular flexibility index (Phi) is 4.62. The number of benzene rings is 2. The molecule has 3 aromatic rings. The smallest absolute Gasteiger partial charge is 0.221 e. The van der Waals surface area contributed by atoms with Crippen LogP contribution < -0.4 is 5.32 Å². The Hall–Kier alpha value is -2.66. The summed E-state index contributed by atoms with van der Waals surface area (Å²) < 4.78 is 0. The topological polar surface area (TPSA) is 62.2 Å². The van der Waals surface area contributed by atoms with Gasteiger partial charge in [0.1, 0.15) is 10.8 Å². The quantitative estimate of drug-likeness (QED) is 0.678. The van der Waals surface area contributed by atoms with Crippen molar-refractivity contribution in [2.45, 2.75) is 20.3 Å². The van der Waals surface area contributed by atoms with Gasteiger partial charge in [0, 0.05) is 23.4 Å². The Balaban J connectivity index is 1.91. The van der Waals surface area contributed by atoms with E-state index >= 15 is 0 Å². The van der Waals surface area contributed by atoms with Crippen molar-refractivity contribution < 1.29 is 9.90 Å². The number of aromatic nitrogens is 1. The maximum atomic E-state index is 11.2. The Bertz CT molecular complexity index is 869. The molecule has 0 aliphatic heterocycles. The number of phenols is 1. The van der Waals surface area contributed by atoms with Crippen LogP contribution in [0.1, 0.15) is 19.4 Å². The molecule has 0 spiro atoms. The summed E-state index contributed by atoms with van der Waals surface area (Å²) in [5, 5.41) is 15.4. The SMILES string of the molecule is CCc1ccc(-c2nc(-c3ccc(O)c(NC(C)=O)c3)cs2)cc1. The van der Waals surface area contributed by atoms with Crippen molar-refractivity contribution in [1.82, 2.24) is 4.98 Å². The van der Waals surface area contributed by atoms with Gasteiger partial charge in [0.25, 0.3) is 0 Å². The monoisotopic (exact) mass is 338 g/mol. The van der Waals surface area contributed by atoms with Crippen LogP contribution in [0.4, 0.5) is 5.69 Å². The highest BCUT2D eigenvalue weighted by atomic mass is 32.1. The van der Waals surface area contributed by atoms with Crippen molar-refractivity contribution in [3.63, 3.8) is 0 Å². The fraction of sp³-hybridized carbons (Fsp3) is 0.158. The van der Waals surface area contributed by atoms with Gasteiger partial charge in [-0.1, -0.05) is 31.2 Å².